The molecule has 0 aliphatic rings. The Morgan fingerprint density at radius 3 is 2.48 bits per heavy atom. The normalized spacial score (nSPS) is 12.9. The molecule has 21 heavy (non-hydrogen) atoms. The minimum Gasteiger partial charge on any atom is -0.444 e. The lowest BCUT2D eigenvalue weighted by atomic mass is 10.0. The van der Waals surface area contributed by atoms with Gasteiger partial charge in [0.1, 0.15) is 11.9 Å². The average Bonchev–Trinajstić information content (AvgIpc) is 2.61. The molecule has 1 aromatic rings. The highest BCUT2D eigenvalue weighted by atomic mass is 16.6. The summed E-state index contributed by atoms with van der Waals surface area (Å²) in [7, 11) is 0. The van der Waals surface area contributed by atoms with Gasteiger partial charge in [-0.15, -0.1) is 0 Å². The minimum absolute atomic E-state index is 0.191. The molecule has 0 fully saturated rings. The maximum Gasteiger partial charge on any atom is 0.408 e. The van der Waals surface area contributed by atoms with Gasteiger partial charge < -0.3 is 14.8 Å². The van der Waals surface area contributed by atoms with Gasteiger partial charge in [0.2, 0.25) is 0 Å². The Bertz CT molecular complexity index is 515. The van der Waals surface area contributed by atoms with Crippen LogP contribution in [0.5, 0.6) is 0 Å². The van der Waals surface area contributed by atoms with Crippen LogP contribution in [0.2, 0.25) is 0 Å². The predicted octanol–water partition coefficient (Wildman–Crippen LogP) is 2.67. The second-order valence-corrected chi connectivity index (χ2v) is 6.00. The van der Waals surface area contributed by atoms with E-state index in [1.807, 2.05) is 25.5 Å². The Labute approximate surface area is 125 Å². The summed E-state index contributed by atoms with van der Waals surface area (Å²) in [6, 6.07) is -0.419. The molecule has 1 N–H and O–H groups in total. The zero-order chi connectivity index (χ0) is 16.2. The number of aldehydes is 1. The predicted molar refractivity (Wildman–Crippen MR) is 80.2 cm³/mol. The summed E-state index contributed by atoms with van der Waals surface area (Å²) >= 11 is 0. The van der Waals surface area contributed by atoms with Gasteiger partial charge in [0.05, 0.1) is 11.7 Å². The Balaban J connectivity index is 3.00. The van der Waals surface area contributed by atoms with E-state index in [4.69, 9.17) is 4.74 Å². The van der Waals surface area contributed by atoms with Crippen LogP contribution in [0.3, 0.4) is 0 Å². The van der Waals surface area contributed by atoms with Crippen molar-refractivity contribution in [3.63, 3.8) is 0 Å². The topological polar surface area (TPSA) is 73.2 Å². The first-order chi connectivity index (χ1) is 9.69. The van der Waals surface area contributed by atoms with Crippen LogP contribution < -0.4 is 5.32 Å². The second-order valence-electron chi connectivity index (χ2n) is 6.00. The van der Waals surface area contributed by atoms with Gasteiger partial charge in [0.25, 0.3) is 0 Å². The number of carbonyl (C=O) groups excluding carboxylic acids is 2. The molecule has 0 bridgehead atoms. The lowest BCUT2D eigenvalue weighted by Crippen LogP contribution is -2.35. The number of alkyl carbamates (subject to hydrolysis) is 1. The van der Waals surface area contributed by atoms with Crippen molar-refractivity contribution in [3.05, 3.63) is 17.0 Å². The van der Waals surface area contributed by atoms with Gasteiger partial charge in [0, 0.05) is 24.2 Å². The molecule has 6 heteroatoms. The third kappa shape index (κ3) is 4.58. The van der Waals surface area contributed by atoms with E-state index in [-0.39, 0.29) is 6.42 Å². The first-order valence-corrected chi connectivity index (χ1v) is 7.16. The summed E-state index contributed by atoms with van der Waals surface area (Å²) in [6.07, 6.45) is 0.456. The molecular formula is C15H25N3O3. The van der Waals surface area contributed by atoms with Crippen LogP contribution in [0, 0.1) is 13.8 Å². The van der Waals surface area contributed by atoms with Gasteiger partial charge in [-0.2, -0.15) is 5.10 Å². The summed E-state index contributed by atoms with van der Waals surface area (Å²) in [5, 5.41) is 7.19. The summed E-state index contributed by atoms with van der Waals surface area (Å²) in [4.78, 5) is 22.9. The maximum atomic E-state index is 11.9. The van der Waals surface area contributed by atoms with Gasteiger partial charge in [-0.3, -0.25) is 4.68 Å². The molecule has 0 radical (unpaired) electrons. The molecule has 0 aliphatic heterocycles. The van der Waals surface area contributed by atoms with E-state index in [1.54, 1.807) is 20.8 Å². The Morgan fingerprint density at radius 1 is 1.43 bits per heavy atom. The number of aromatic nitrogens is 2. The Kier molecular flexibility index (Phi) is 5.52. The molecule has 0 aliphatic carbocycles. The number of nitrogens with zero attached hydrogens (tertiary/aromatic N) is 2. The van der Waals surface area contributed by atoms with Gasteiger partial charge in [0.15, 0.2) is 0 Å². The fourth-order valence-electron chi connectivity index (χ4n) is 2.32. The zero-order valence-electron chi connectivity index (χ0n) is 13.7. The lowest BCUT2D eigenvalue weighted by molar-refractivity contribution is -0.108. The SMILES string of the molecule is CCn1nc(C)c([C@@H](CC=O)NC(=O)OC(C)(C)C)c1C. The molecule has 0 spiro atoms. The summed E-state index contributed by atoms with van der Waals surface area (Å²) in [5.74, 6) is 0. The van der Waals surface area contributed by atoms with Gasteiger partial charge in [-0.1, -0.05) is 0 Å². The first-order valence-electron chi connectivity index (χ1n) is 7.16. The molecule has 1 heterocycles. The fourth-order valence-corrected chi connectivity index (χ4v) is 2.32. The van der Waals surface area contributed by atoms with Crippen LogP contribution >= 0.6 is 0 Å². The molecule has 1 aromatic heterocycles. The van der Waals surface area contributed by atoms with E-state index < -0.39 is 17.7 Å². The number of nitrogens with one attached hydrogen (secondary N) is 1. The monoisotopic (exact) mass is 295 g/mol. The van der Waals surface area contributed by atoms with Crippen LogP contribution in [0.4, 0.5) is 4.79 Å². The van der Waals surface area contributed by atoms with Crippen LogP contribution in [0.25, 0.3) is 0 Å². The average molecular weight is 295 g/mol. The standard InChI is InChI=1S/C15H25N3O3/c1-7-18-11(3)13(10(2)17-18)12(8-9-19)16-14(20)21-15(4,5)6/h9,12H,7-8H2,1-6H3,(H,16,20)/t12-/m1/s1. The van der Waals surface area contributed by atoms with E-state index in [1.165, 1.54) is 0 Å². The highest BCUT2D eigenvalue weighted by Gasteiger charge is 2.24. The minimum atomic E-state index is -0.576. The molecule has 0 saturated carbocycles. The molecule has 0 unspecified atom stereocenters. The number of hydrogen-bond acceptors (Lipinski definition) is 4. The third-order valence-corrected chi connectivity index (χ3v) is 3.11. The Morgan fingerprint density at radius 2 is 2.05 bits per heavy atom. The van der Waals surface area contributed by atoms with Gasteiger partial charge in [-0.05, 0) is 41.5 Å². The molecule has 1 rings (SSSR count). The molecule has 1 amide bonds. The fraction of sp³-hybridized carbons (Fsp3) is 0.667. The van der Waals surface area contributed by atoms with Crippen molar-refractivity contribution in [3.8, 4) is 0 Å². The van der Waals surface area contributed by atoms with Crippen molar-refractivity contribution in [2.24, 2.45) is 0 Å². The molecule has 118 valence electrons. The molecule has 1 atom stereocenters. The summed E-state index contributed by atoms with van der Waals surface area (Å²) in [5.41, 5.74) is 2.08. The first kappa shape index (κ1) is 17.2. The van der Waals surface area contributed by atoms with Crippen molar-refractivity contribution in [2.75, 3.05) is 0 Å². The second kappa shape index (κ2) is 6.74. The number of ether oxygens (including phenoxy) is 1. The van der Waals surface area contributed by atoms with Crippen molar-refractivity contribution >= 4 is 12.4 Å². The maximum absolute atomic E-state index is 11.9. The number of carbonyl (C=O) groups is 2. The molecule has 6 nitrogen and oxygen atoms in total. The summed E-state index contributed by atoms with van der Waals surface area (Å²) < 4.78 is 7.12. The van der Waals surface area contributed by atoms with Crippen LogP contribution in [-0.2, 0) is 16.1 Å². The van der Waals surface area contributed by atoms with E-state index >= 15 is 0 Å². The van der Waals surface area contributed by atoms with Crippen LogP contribution in [0.1, 0.15) is 57.1 Å². The molecule has 0 aromatic carbocycles. The highest BCUT2D eigenvalue weighted by molar-refractivity contribution is 5.69. The molecule has 0 saturated heterocycles. The van der Waals surface area contributed by atoms with E-state index in [9.17, 15) is 9.59 Å². The number of hydrogen-bond donors (Lipinski definition) is 1. The van der Waals surface area contributed by atoms with Gasteiger partial charge >= 0.3 is 6.09 Å². The van der Waals surface area contributed by atoms with E-state index in [0.29, 0.717) is 0 Å². The number of aryl methyl sites for hydroxylation is 2. The number of rotatable bonds is 5. The van der Waals surface area contributed by atoms with Crippen molar-refractivity contribution in [1.29, 1.82) is 0 Å². The quantitative estimate of drug-likeness (QED) is 0.848. The Hall–Kier alpha value is -1.85. The van der Waals surface area contributed by atoms with Crippen molar-refractivity contribution in [2.45, 2.75) is 66.2 Å². The van der Waals surface area contributed by atoms with Crippen LogP contribution in [0.15, 0.2) is 0 Å². The van der Waals surface area contributed by atoms with E-state index in [0.717, 1.165) is 29.8 Å². The van der Waals surface area contributed by atoms with Crippen LogP contribution in [-0.4, -0.2) is 27.8 Å². The molecular weight excluding hydrogens is 270 g/mol. The van der Waals surface area contributed by atoms with Crippen molar-refractivity contribution in [1.82, 2.24) is 15.1 Å². The zero-order valence-corrected chi connectivity index (χ0v) is 13.7. The highest BCUT2D eigenvalue weighted by Crippen LogP contribution is 2.24. The lowest BCUT2D eigenvalue weighted by Gasteiger charge is -2.23. The van der Waals surface area contributed by atoms with Gasteiger partial charge in [-0.25, -0.2) is 4.79 Å². The summed E-state index contributed by atoms with van der Waals surface area (Å²) in [6.45, 7) is 12.0. The van der Waals surface area contributed by atoms with Crippen molar-refractivity contribution < 1.29 is 14.3 Å². The third-order valence-electron chi connectivity index (χ3n) is 3.11. The van der Waals surface area contributed by atoms with E-state index in [2.05, 4.69) is 10.4 Å². The largest absolute Gasteiger partial charge is 0.444 e. The smallest absolute Gasteiger partial charge is 0.408 e. The number of amides is 1.